The molecule has 44 heavy (non-hydrogen) atoms. The highest BCUT2D eigenvalue weighted by atomic mass is 35.5. The van der Waals surface area contributed by atoms with Crippen molar-refractivity contribution in [3.63, 3.8) is 0 Å². The number of ether oxygens (including phenoxy) is 1. The second kappa shape index (κ2) is 12.5. The van der Waals surface area contributed by atoms with Crippen molar-refractivity contribution >= 4 is 50.3 Å². The van der Waals surface area contributed by atoms with Crippen molar-refractivity contribution in [1.82, 2.24) is 23.5 Å². The molecule has 2 aliphatic heterocycles. The first kappa shape index (κ1) is 31.9. The van der Waals surface area contributed by atoms with E-state index in [1.807, 2.05) is 13.0 Å². The number of nitrogens with zero attached hydrogens (tertiary/aromatic N) is 6. The number of sulfonamides is 1. The van der Waals surface area contributed by atoms with Gasteiger partial charge in [0.25, 0.3) is 5.56 Å². The van der Waals surface area contributed by atoms with Gasteiger partial charge in [0.1, 0.15) is 12.2 Å². The van der Waals surface area contributed by atoms with Gasteiger partial charge in [-0.2, -0.15) is 27.0 Å². The Kier molecular flexibility index (Phi) is 9.07. The number of hydrogen-bond acceptors (Lipinski definition) is 8. The number of carbonyl (C=O) groups excluding carboxylic acids is 1. The van der Waals surface area contributed by atoms with Gasteiger partial charge in [0.2, 0.25) is 21.7 Å². The zero-order chi connectivity index (χ0) is 31.8. The van der Waals surface area contributed by atoms with Crippen LogP contribution in [0.4, 0.5) is 24.5 Å². The number of aromatic nitrogens is 4. The summed E-state index contributed by atoms with van der Waals surface area (Å²) in [5.74, 6) is -0.235. The molecule has 5 rings (SSSR count). The molecule has 0 saturated carbocycles. The van der Waals surface area contributed by atoms with Gasteiger partial charge in [-0.1, -0.05) is 24.6 Å². The molecule has 0 aliphatic carbocycles. The summed E-state index contributed by atoms with van der Waals surface area (Å²) in [6, 6.07) is 2.63. The van der Waals surface area contributed by atoms with Crippen LogP contribution in [0.5, 0.6) is 0 Å². The number of benzene rings is 1. The van der Waals surface area contributed by atoms with E-state index in [0.29, 0.717) is 37.6 Å². The minimum Gasteiger partial charge on any atom is -0.377 e. The van der Waals surface area contributed by atoms with E-state index in [1.165, 1.54) is 4.31 Å². The number of anilines is 2. The van der Waals surface area contributed by atoms with Crippen molar-refractivity contribution in [3.05, 3.63) is 56.7 Å². The van der Waals surface area contributed by atoms with Crippen LogP contribution in [-0.2, 0) is 38.7 Å². The number of hydrogen-bond donors (Lipinski definition) is 1. The predicted octanol–water partition coefficient (Wildman–Crippen LogP) is 3.04. The van der Waals surface area contributed by atoms with E-state index in [1.54, 1.807) is 16.4 Å². The zero-order valence-electron chi connectivity index (χ0n) is 24.0. The maximum absolute atomic E-state index is 13.9. The van der Waals surface area contributed by atoms with Gasteiger partial charge >= 0.3 is 6.18 Å². The van der Waals surface area contributed by atoms with Crippen molar-refractivity contribution < 1.29 is 31.1 Å². The zero-order valence-corrected chi connectivity index (χ0v) is 25.6. The molecule has 0 unspecified atom stereocenters. The molecule has 0 bridgehead atoms. The highest BCUT2D eigenvalue weighted by Crippen LogP contribution is 2.34. The molecule has 12 nitrogen and oxygen atoms in total. The number of amides is 1. The van der Waals surface area contributed by atoms with Crippen LogP contribution in [0.2, 0.25) is 5.02 Å². The largest absolute Gasteiger partial charge is 0.416 e. The van der Waals surface area contributed by atoms with Gasteiger partial charge in [-0.25, -0.2) is 8.42 Å². The normalized spacial score (nSPS) is 16.8. The molecule has 3 aromatic rings. The van der Waals surface area contributed by atoms with Crippen LogP contribution in [0.25, 0.3) is 11.4 Å². The van der Waals surface area contributed by atoms with Crippen LogP contribution in [0, 0.1) is 0 Å². The van der Waals surface area contributed by atoms with Crippen LogP contribution in [0.3, 0.4) is 0 Å². The van der Waals surface area contributed by atoms with Crippen molar-refractivity contribution in [2.75, 3.05) is 55.4 Å². The summed E-state index contributed by atoms with van der Waals surface area (Å²) in [5, 5.41) is 6.76. The quantitative estimate of drug-likeness (QED) is 0.391. The molecule has 4 heterocycles. The van der Waals surface area contributed by atoms with Crippen molar-refractivity contribution in [2.24, 2.45) is 0 Å². The molecule has 1 saturated heterocycles. The molecule has 0 spiro atoms. The first-order chi connectivity index (χ1) is 20.8. The third-order valence-electron chi connectivity index (χ3n) is 7.60. The number of nitrogens with one attached hydrogen (secondary N) is 1. The molecular formula is C27H31ClF3N7O5S. The van der Waals surface area contributed by atoms with E-state index in [4.69, 9.17) is 16.3 Å². The molecule has 2 aromatic heterocycles. The lowest BCUT2D eigenvalue weighted by Gasteiger charge is -2.36. The van der Waals surface area contributed by atoms with Crippen molar-refractivity contribution in [1.29, 1.82) is 0 Å². The van der Waals surface area contributed by atoms with Gasteiger partial charge in [0.15, 0.2) is 5.82 Å². The van der Waals surface area contributed by atoms with Crippen LogP contribution in [0.1, 0.15) is 37.4 Å². The fourth-order valence-electron chi connectivity index (χ4n) is 5.29. The Morgan fingerprint density at radius 1 is 1.16 bits per heavy atom. The number of alkyl halides is 3. The summed E-state index contributed by atoms with van der Waals surface area (Å²) >= 11 is 6.07. The molecule has 0 radical (unpaired) electrons. The molecule has 1 fully saturated rings. The summed E-state index contributed by atoms with van der Waals surface area (Å²) in [4.78, 5) is 33.7. The number of rotatable bonds is 8. The lowest BCUT2D eigenvalue weighted by atomic mass is 10.1. The number of fused-ring (bicyclic) bond motifs is 1. The molecule has 1 N–H and O–H groups in total. The molecule has 0 atom stereocenters. The summed E-state index contributed by atoms with van der Waals surface area (Å²) in [6.45, 7) is 4.68. The smallest absolute Gasteiger partial charge is 0.377 e. The number of carbonyl (C=O) groups is 1. The third kappa shape index (κ3) is 6.34. The highest BCUT2D eigenvalue weighted by molar-refractivity contribution is 7.89. The Balaban J connectivity index is 1.55. The standard InChI is InChI=1S/C27H31ClF3N7O5S/c1-3-21-23(35-9-11-36(12-10-35)44(41,42)4-2)25(40)38-26(33-24(34-38)17-7-13-43-14-8-17)37(21)16-22(39)32-20-6-5-18(15-19(20)28)27(29,30)31/h5-7,15H,3-4,8-14,16H2,1-2H3,(H,32,39). The maximum Gasteiger partial charge on any atom is 0.416 e. The SMILES string of the molecule is CCc1c(N2CCN(S(=O)(=O)CC)CC2)c(=O)n2nc(C3=CCOCC3)nc2n1CC(=O)Nc1ccc(C(F)(F)F)cc1Cl. The van der Waals surface area contributed by atoms with Crippen LogP contribution in [0.15, 0.2) is 29.1 Å². The fraction of sp³-hybridized carbons (Fsp3) is 0.481. The summed E-state index contributed by atoms with van der Waals surface area (Å²) in [7, 11) is -3.41. The first-order valence-corrected chi connectivity index (χ1v) is 16.0. The topological polar surface area (TPSA) is 131 Å². The minimum atomic E-state index is -4.60. The monoisotopic (exact) mass is 657 g/mol. The molecular weight excluding hydrogens is 627 g/mol. The van der Waals surface area contributed by atoms with Gasteiger partial charge in [0, 0.05) is 26.2 Å². The molecule has 238 valence electrons. The number of piperazine rings is 1. The van der Waals surface area contributed by atoms with Crippen LogP contribution < -0.4 is 15.8 Å². The van der Waals surface area contributed by atoms with Crippen molar-refractivity contribution in [2.45, 2.75) is 39.4 Å². The van der Waals surface area contributed by atoms with E-state index in [2.05, 4.69) is 15.4 Å². The van der Waals surface area contributed by atoms with Gasteiger partial charge < -0.3 is 19.5 Å². The Hall–Kier alpha value is -3.47. The number of halogens is 4. The highest BCUT2D eigenvalue weighted by Gasteiger charge is 2.32. The molecule has 1 amide bonds. The molecule has 17 heteroatoms. The van der Waals surface area contributed by atoms with E-state index in [0.717, 1.165) is 28.3 Å². The Morgan fingerprint density at radius 2 is 1.89 bits per heavy atom. The van der Waals surface area contributed by atoms with E-state index in [-0.39, 0.29) is 60.7 Å². The minimum absolute atomic E-state index is 0.0113. The molecule has 1 aromatic carbocycles. The summed E-state index contributed by atoms with van der Waals surface area (Å²) in [5.41, 5.74) is 0.102. The van der Waals surface area contributed by atoms with Gasteiger partial charge in [0.05, 0.1) is 40.9 Å². The average molecular weight is 658 g/mol. The van der Waals surface area contributed by atoms with Gasteiger partial charge in [-0.15, -0.1) is 5.10 Å². The third-order valence-corrected chi connectivity index (χ3v) is 9.79. The van der Waals surface area contributed by atoms with Crippen LogP contribution >= 0.6 is 11.6 Å². The second-order valence-electron chi connectivity index (χ2n) is 10.3. The predicted molar refractivity (Wildman–Crippen MR) is 158 cm³/mol. The van der Waals surface area contributed by atoms with Crippen molar-refractivity contribution in [3.8, 4) is 0 Å². The fourth-order valence-corrected chi connectivity index (χ4v) is 6.61. The molecule has 2 aliphatic rings. The lowest BCUT2D eigenvalue weighted by Crippen LogP contribution is -2.51. The Labute approximate surface area is 256 Å². The second-order valence-corrected chi connectivity index (χ2v) is 12.9. The van der Waals surface area contributed by atoms with Gasteiger partial charge in [-0.05, 0) is 43.5 Å². The Bertz CT molecular complexity index is 1780. The lowest BCUT2D eigenvalue weighted by molar-refractivity contribution is -0.137. The summed E-state index contributed by atoms with van der Waals surface area (Å²) in [6.07, 6.45) is -1.94. The maximum atomic E-state index is 13.9. The van der Waals surface area contributed by atoms with E-state index >= 15 is 0 Å². The summed E-state index contributed by atoms with van der Waals surface area (Å²) < 4.78 is 73.6. The Morgan fingerprint density at radius 3 is 2.48 bits per heavy atom. The van der Waals surface area contributed by atoms with Crippen LogP contribution in [-0.4, -0.2) is 82.9 Å². The van der Waals surface area contributed by atoms with E-state index < -0.39 is 33.2 Å². The van der Waals surface area contributed by atoms with E-state index in [9.17, 15) is 31.2 Å². The van der Waals surface area contributed by atoms with Gasteiger partial charge in [-0.3, -0.25) is 9.59 Å². The average Bonchev–Trinajstić information content (AvgIpc) is 3.45. The first-order valence-electron chi connectivity index (χ1n) is 14.0.